The highest BCUT2D eigenvalue weighted by molar-refractivity contribution is 7.90. The van der Waals surface area contributed by atoms with E-state index in [2.05, 4.69) is 145 Å². The van der Waals surface area contributed by atoms with Gasteiger partial charge in [-0.3, -0.25) is 4.18 Å². The van der Waals surface area contributed by atoms with E-state index in [0.717, 1.165) is 81.3 Å². The van der Waals surface area contributed by atoms with Crippen LogP contribution in [0.1, 0.15) is 243 Å². The third-order valence-corrected chi connectivity index (χ3v) is 22.9. The zero-order chi connectivity index (χ0) is 73.6. The van der Waals surface area contributed by atoms with Crippen molar-refractivity contribution >= 4 is 30.2 Å². The van der Waals surface area contributed by atoms with Crippen LogP contribution < -0.4 is 20.5 Å². The van der Waals surface area contributed by atoms with E-state index in [1.54, 1.807) is 24.3 Å². The Balaban J connectivity index is 0.000000225. The number of nitrogens with one attached hydrogen (secondary N) is 3. The van der Waals surface area contributed by atoms with Crippen LogP contribution in [0.2, 0.25) is 0 Å². The topological polar surface area (TPSA) is 192 Å². The van der Waals surface area contributed by atoms with Crippen molar-refractivity contribution in [1.29, 1.82) is 0 Å². The van der Waals surface area contributed by atoms with Crippen molar-refractivity contribution in [2.24, 2.45) is 5.73 Å². The van der Waals surface area contributed by atoms with Crippen molar-refractivity contribution in [3.63, 3.8) is 0 Å². The summed E-state index contributed by atoms with van der Waals surface area (Å²) in [7, 11) is -11.5. The summed E-state index contributed by atoms with van der Waals surface area (Å²) in [5.74, 6) is 0.805. The Morgan fingerprint density at radius 3 is 1.11 bits per heavy atom. The van der Waals surface area contributed by atoms with Crippen molar-refractivity contribution in [2.45, 2.75) is 204 Å². The van der Waals surface area contributed by atoms with Gasteiger partial charge in [0.25, 0.3) is 10.1 Å². The molecule has 16 heteroatoms. The monoisotopic (exact) mass is 1430 g/mol. The van der Waals surface area contributed by atoms with Gasteiger partial charge in [-0.25, -0.2) is 26.3 Å². The second-order valence-corrected chi connectivity index (χ2v) is 33.5. The molecule has 9 rings (SSSR count). The summed E-state index contributed by atoms with van der Waals surface area (Å²) in [4.78, 5) is 0.981. The predicted molar refractivity (Wildman–Crippen MR) is 415 cm³/mol. The Morgan fingerprint density at radius 1 is 0.386 bits per heavy atom. The summed E-state index contributed by atoms with van der Waals surface area (Å²) < 4.78 is 104. The van der Waals surface area contributed by atoms with Crippen LogP contribution in [0.5, 0.6) is 0 Å². The highest BCUT2D eigenvalue weighted by Gasteiger charge is 2.35. The van der Waals surface area contributed by atoms with Gasteiger partial charge in [-0.15, -0.1) is 0 Å². The van der Waals surface area contributed by atoms with Crippen LogP contribution in [0.15, 0.2) is 231 Å². The molecular weight excluding hydrogens is 1320 g/mol. The highest BCUT2D eigenvalue weighted by atomic mass is 32.2. The number of sulfonamides is 2. The molecular formula is C85H112N4O9S3. The Bertz CT molecular complexity index is 4190. The first-order valence-electron chi connectivity index (χ1n) is 35.8. The minimum absolute atomic E-state index is 0.0261. The number of rotatable bonds is 31. The molecule has 5 N–H and O–H groups in total. The van der Waals surface area contributed by atoms with E-state index in [9.17, 15) is 25.3 Å². The van der Waals surface area contributed by atoms with Crippen LogP contribution >= 0.6 is 0 Å². The summed E-state index contributed by atoms with van der Waals surface area (Å²) in [6.45, 7) is 33.8. The SMILES string of the molecule is CC(C)c1cc(C(C)C)c(S(=O)(=O)N[C@@H](c2ccccc2)[C@@H](N)c2ccccc2)c(C(C)C)c1.CC1=CCC(COCCN[C@@H](c2ccccc2)[C@@H](NS(=O)(=O)c2c(C(C)C)cc(C(C)C)cc2C(C)C)c2ccccc2)=CC1.CC1=CCC(COCCOS(=O)(=O)c2ccc(C)cc2)=CC1. The molecule has 0 amide bonds. The third kappa shape index (κ3) is 23.8. The lowest BCUT2D eigenvalue weighted by molar-refractivity contribution is 0.118. The van der Waals surface area contributed by atoms with Gasteiger partial charge in [0.2, 0.25) is 20.0 Å². The zero-order valence-electron chi connectivity index (χ0n) is 62.3. The average molecular weight is 1430 g/mol. The number of allylic oxidation sites excluding steroid dienone is 6. The number of ether oxygens (including phenoxy) is 2. The first-order chi connectivity index (χ1) is 48.0. The van der Waals surface area contributed by atoms with Gasteiger partial charge in [-0.05, 0) is 161 Å². The van der Waals surface area contributed by atoms with E-state index in [-0.39, 0.29) is 47.8 Å². The lowest BCUT2D eigenvalue weighted by Gasteiger charge is -2.31. The van der Waals surface area contributed by atoms with Crippen molar-refractivity contribution < 1.29 is 38.9 Å². The largest absolute Gasteiger partial charge is 0.376 e. The molecule has 4 atom stereocenters. The minimum atomic E-state index is -3.94. The smallest absolute Gasteiger partial charge is 0.297 e. The van der Waals surface area contributed by atoms with E-state index in [1.807, 2.05) is 144 Å². The molecule has 0 saturated heterocycles. The summed E-state index contributed by atoms with van der Waals surface area (Å²) in [5, 5.41) is 3.67. The third-order valence-electron chi connectivity index (χ3n) is 18.4. The average Bonchev–Trinajstić information content (AvgIpc) is 0.767. The predicted octanol–water partition coefficient (Wildman–Crippen LogP) is 19.3. The maximum atomic E-state index is 14.7. The Morgan fingerprint density at radius 2 is 0.743 bits per heavy atom. The van der Waals surface area contributed by atoms with E-state index >= 15 is 0 Å². The van der Waals surface area contributed by atoms with Crippen molar-refractivity contribution in [3.05, 3.63) is 278 Å². The van der Waals surface area contributed by atoms with Gasteiger partial charge < -0.3 is 20.5 Å². The van der Waals surface area contributed by atoms with Gasteiger partial charge in [0.05, 0.1) is 71.9 Å². The number of aryl methyl sites for hydroxylation is 1. The van der Waals surface area contributed by atoms with Gasteiger partial charge in [-0.1, -0.05) is 282 Å². The van der Waals surface area contributed by atoms with Crippen LogP contribution in [0.4, 0.5) is 0 Å². The number of hydrogen-bond acceptors (Lipinski definition) is 11. The minimum Gasteiger partial charge on any atom is -0.376 e. The van der Waals surface area contributed by atoms with E-state index < -0.39 is 48.3 Å². The molecule has 0 aromatic heterocycles. The Labute approximate surface area is 606 Å². The fourth-order valence-electron chi connectivity index (χ4n) is 12.3. The Kier molecular flexibility index (Phi) is 31.1. The van der Waals surface area contributed by atoms with Crippen molar-refractivity contribution in [1.82, 2.24) is 14.8 Å². The molecule has 544 valence electrons. The fraction of sp³-hybridized carbons (Fsp3) is 0.412. The van der Waals surface area contributed by atoms with Crippen molar-refractivity contribution in [2.75, 3.05) is 39.6 Å². The molecule has 0 bridgehead atoms. The molecule has 0 unspecified atom stereocenters. The van der Waals surface area contributed by atoms with E-state index in [0.29, 0.717) is 48.0 Å². The quantitative estimate of drug-likeness (QED) is 0.0184. The first-order valence-corrected chi connectivity index (χ1v) is 40.2. The first kappa shape index (κ1) is 81.4. The second-order valence-electron chi connectivity index (χ2n) is 28.6. The lowest BCUT2D eigenvalue weighted by atomic mass is 9.89. The molecule has 101 heavy (non-hydrogen) atoms. The molecule has 13 nitrogen and oxygen atoms in total. The summed E-state index contributed by atoms with van der Waals surface area (Å²) in [6, 6.07) is 52.1. The summed E-state index contributed by atoms with van der Waals surface area (Å²) >= 11 is 0. The maximum absolute atomic E-state index is 14.7. The van der Waals surface area contributed by atoms with Gasteiger partial charge in [0.1, 0.15) is 0 Å². The summed E-state index contributed by atoms with van der Waals surface area (Å²) in [6.07, 6.45) is 12.7. The summed E-state index contributed by atoms with van der Waals surface area (Å²) in [5.41, 5.74) is 22.4. The molecule has 2 aliphatic rings. The lowest BCUT2D eigenvalue weighted by Crippen LogP contribution is -2.40. The molecule has 0 radical (unpaired) electrons. The molecule has 0 fully saturated rings. The molecule has 0 aliphatic heterocycles. The second kappa shape index (κ2) is 38.5. The number of nitrogens with two attached hydrogens (primary N) is 1. The van der Waals surface area contributed by atoms with Gasteiger partial charge in [0.15, 0.2) is 0 Å². The van der Waals surface area contributed by atoms with E-state index in [4.69, 9.17) is 19.4 Å². The van der Waals surface area contributed by atoms with Gasteiger partial charge in [0, 0.05) is 6.54 Å². The van der Waals surface area contributed by atoms with Crippen LogP contribution in [-0.4, -0.2) is 64.8 Å². The van der Waals surface area contributed by atoms with Crippen LogP contribution in [0.25, 0.3) is 0 Å². The highest BCUT2D eigenvalue weighted by Crippen LogP contribution is 2.40. The molecule has 7 aromatic rings. The fourth-order valence-corrected chi connectivity index (χ4v) is 17.0. The van der Waals surface area contributed by atoms with Crippen LogP contribution in [0.3, 0.4) is 0 Å². The molecule has 2 aliphatic carbocycles. The zero-order valence-corrected chi connectivity index (χ0v) is 64.7. The number of benzene rings is 7. The van der Waals surface area contributed by atoms with Gasteiger partial charge in [-0.2, -0.15) is 8.42 Å². The normalized spacial score (nSPS) is 14.9. The molecule has 0 saturated carbocycles. The van der Waals surface area contributed by atoms with E-state index in [1.165, 1.54) is 27.9 Å². The van der Waals surface area contributed by atoms with Crippen LogP contribution in [0, 0.1) is 6.92 Å². The number of hydrogen-bond donors (Lipinski definition) is 4. The molecule has 0 heterocycles. The van der Waals surface area contributed by atoms with Crippen LogP contribution in [-0.2, 0) is 43.8 Å². The van der Waals surface area contributed by atoms with Crippen molar-refractivity contribution in [3.8, 4) is 0 Å². The Hall–Kier alpha value is -6.93. The maximum Gasteiger partial charge on any atom is 0.297 e. The van der Waals surface area contributed by atoms with Gasteiger partial charge >= 0.3 is 0 Å². The standard InChI is InChI=1S/C39H52N2O3S.C29H38N2O2S.C17H22O4S/c1-27(2)34-24-35(28(3)4)39(36(25-34)29(5)6)45(42,43)41-38(33-16-12-9-13-17-33)37(32-14-10-8-11-15-32)40-22-23-44-26-31-20-18-30(7)19-21-31;1-19(2)24-17-25(20(3)4)29(26(18-24)21(5)6)34(32,33)31-28(23-15-11-8-12-16-23)27(30)22-13-9-7-10-14-22;1-14-3-7-16(8-4-14)13-20-11-12-21-22(18,19)17-9-5-15(2)6-10-17/h8-18,21,24-25,27-29,37-38,40-41H,19-20,22-23,26H2,1-7H3;7-21,27-28,31H,30H2,1-6H3;3,5-6,8-10H,4,7,11-13H2,1-2H3/t37-,38-;27-,28-;/m00./s1. The molecule has 0 spiro atoms. The molecule has 7 aromatic carbocycles.